The summed E-state index contributed by atoms with van der Waals surface area (Å²) in [6.45, 7) is 2.04. The summed E-state index contributed by atoms with van der Waals surface area (Å²) in [5, 5.41) is 10.1. The number of ether oxygens (including phenoxy) is 3. The van der Waals surface area contributed by atoms with Gasteiger partial charge in [0, 0.05) is 19.4 Å². The molecule has 2 heterocycles. The molecule has 0 aromatic heterocycles. The largest absolute Gasteiger partial charge is 0.504 e. The summed E-state index contributed by atoms with van der Waals surface area (Å²) < 4.78 is 16.9. The Labute approximate surface area is 153 Å². The quantitative estimate of drug-likeness (QED) is 0.660. The molecule has 1 aromatic carbocycles. The van der Waals surface area contributed by atoms with Crippen LogP contribution in [0.5, 0.6) is 11.5 Å². The maximum Gasteiger partial charge on any atom is 0.210 e. The number of carbonyl (C=O) groups excluding carboxylic acids is 1. The predicted molar refractivity (Wildman–Crippen MR) is 95.0 cm³/mol. The first-order chi connectivity index (χ1) is 12.6. The molecule has 26 heavy (non-hydrogen) atoms. The van der Waals surface area contributed by atoms with Gasteiger partial charge in [-0.15, -0.1) is 0 Å². The Morgan fingerprint density at radius 2 is 2.15 bits per heavy atom. The maximum atomic E-state index is 11.6. The van der Waals surface area contributed by atoms with E-state index in [9.17, 15) is 9.90 Å². The highest BCUT2D eigenvalue weighted by Crippen LogP contribution is 2.44. The van der Waals surface area contributed by atoms with E-state index < -0.39 is 5.79 Å². The van der Waals surface area contributed by atoms with Crippen LogP contribution >= 0.6 is 0 Å². The van der Waals surface area contributed by atoms with Gasteiger partial charge >= 0.3 is 0 Å². The van der Waals surface area contributed by atoms with Gasteiger partial charge in [0.1, 0.15) is 0 Å². The molecule has 2 aliphatic heterocycles. The Morgan fingerprint density at radius 3 is 2.85 bits per heavy atom. The molecule has 1 spiro atoms. The van der Waals surface area contributed by atoms with Crippen molar-refractivity contribution in [3.63, 3.8) is 0 Å². The van der Waals surface area contributed by atoms with E-state index in [1.54, 1.807) is 12.1 Å². The molecule has 6 heteroatoms. The van der Waals surface area contributed by atoms with Gasteiger partial charge in [-0.25, -0.2) is 0 Å². The van der Waals surface area contributed by atoms with Gasteiger partial charge in [-0.2, -0.15) is 0 Å². The molecule has 3 aliphatic rings. The molecule has 1 aliphatic carbocycles. The predicted octanol–water partition coefficient (Wildman–Crippen LogP) is 2.40. The number of aromatic hydroxyl groups is 1. The topological polar surface area (TPSA) is 68.2 Å². The summed E-state index contributed by atoms with van der Waals surface area (Å²) in [4.78, 5) is 13.5. The lowest BCUT2D eigenvalue weighted by molar-refractivity contribution is -0.165. The summed E-state index contributed by atoms with van der Waals surface area (Å²) in [5.41, 5.74) is 3.70. The molecule has 1 amide bonds. The molecule has 0 bridgehead atoms. The standard InChI is InChI=1S/C20H25NO5/c1-24-19-3-2-14(11-18(19)23)10-17-16-4-6-20(25-8-9-26-20)12-15(16)5-7-21(17)13-22/h2-3,11,13,17,23H,4-10,12H2,1H3. The van der Waals surface area contributed by atoms with Crippen molar-refractivity contribution in [3.05, 3.63) is 34.9 Å². The van der Waals surface area contributed by atoms with Crippen molar-refractivity contribution in [3.8, 4) is 11.5 Å². The second-order valence-corrected chi connectivity index (χ2v) is 7.23. The number of amides is 1. The van der Waals surface area contributed by atoms with Crippen molar-refractivity contribution in [2.45, 2.75) is 43.9 Å². The van der Waals surface area contributed by atoms with Crippen LogP contribution in [0.1, 0.15) is 31.2 Å². The first-order valence-corrected chi connectivity index (χ1v) is 9.20. The average Bonchev–Trinajstić information content (AvgIpc) is 3.09. The van der Waals surface area contributed by atoms with E-state index in [1.807, 2.05) is 11.0 Å². The molecule has 6 nitrogen and oxygen atoms in total. The number of benzene rings is 1. The van der Waals surface area contributed by atoms with Gasteiger partial charge < -0.3 is 24.2 Å². The van der Waals surface area contributed by atoms with Crippen LogP contribution in [0.2, 0.25) is 0 Å². The lowest BCUT2D eigenvalue weighted by atomic mass is 9.78. The van der Waals surface area contributed by atoms with E-state index in [0.29, 0.717) is 31.9 Å². The molecule has 140 valence electrons. The number of rotatable bonds is 4. The van der Waals surface area contributed by atoms with Crippen LogP contribution in [0.15, 0.2) is 29.3 Å². The van der Waals surface area contributed by atoms with Gasteiger partial charge in [0.2, 0.25) is 6.41 Å². The van der Waals surface area contributed by atoms with Crippen molar-refractivity contribution in [1.29, 1.82) is 0 Å². The van der Waals surface area contributed by atoms with Crippen LogP contribution in [-0.4, -0.2) is 55.1 Å². The van der Waals surface area contributed by atoms with Crippen molar-refractivity contribution in [1.82, 2.24) is 4.90 Å². The van der Waals surface area contributed by atoms with Gasteiger partial charge in [-0.3, -0.25) is 4.79 Å². The Bertz CT molecular complexity index is 723. The summed E-state index contributed by atoms with van der Waals surface area (Å²) in [6.07, 6.45) is 5.04. The molecule has 0 radical (unpaired) electrons. The number of hydrogen-bond donors (Lipinski definition) is 1. The zero-order valence-electron chi connectivity index (χ0n) is 15.1. The maximum absolute atomic E-state index is 11.6. The molecule has 1 aromatic rings. The summed E-state index contributed by atoms with van der Waals surface area (Å²) in [5.74, 6) is 0.146. The van der Waals surface area contributed by atoms with Crippen LogP contribution in [0.25, 0.3) is 0 Å². The van der Waals surface area contributed by atoms with Crippen LogP contribution in [0.3, 0.4) is 0 Å². The molecule has 1 fully saturated rings. The minimum absolute atomic E-state index is 0.0304. The second-order valence-electron chi connectivity index (χ2n) is 7.23. The molecule has 1 saturated heterocycles. The normalized spacial score (nSPS) is 24.7. The van der Waals surface area contributed by atoms with Crippen molar-refractivity contribution < 1.29 is 24.1 Å². The summed E-state index contributed by atoms with van der Waals surface area (Å²) in [6, 6.07) is 5.47. The van der Waals surface area contributed by atoms with Crippen LogP contribution in [0.4, 0.5) is 0 Å². The number of phenolic OH excluding ortho intramolecular Hbond substituents is 1. The zero-order chi connectivity index (χ0) is 18.1. The number of nitrogens with zero attached hydrogens (tertiary/aromatic N) is 1. The molecule has 1 N–H and O–H groups in total. The molecule has 1 unspecified atom stereocenters. The molecular formula is C20H25NO5. The van der Waals surface area contributed by atoms with Crippen molar-refractivity contribution >= 4 is 6.41 Å². The van der Waals surface area contributed by atoms with E-state index in [4.69, 9.17) is 14.2 Å². The van der Waals surface area contributed by atoms with Crippen LogP contribution in [-0.2, 0) is 20.7 Å². The van der Waals surface area contributed by atoms with Crippen LogP contribution in [0, 0.1) is 0 Å². The summed E-state index contributed by atoms with van der Waals surface area (Å²) >= 11 is 0. The minimum atomic E-state index is -0.439. The van der Waals surface area contributed by atoms with Crippen molar-refractivity contribution in [2.24, 2.45) is 0 Å². The Balaban J connectivity index is 1.60. The Morgan fingerprint density at radius 1 is 1.35 bits per heavy atom. The first-order valence-electron chi connectivity index (χ1n) is 9.20. The van der Waals surface area contributed by atoms with E-state index >= 15 is 0 Å². The second kappa shape index (κ2) is 6.93. The van der Waals surface area contributed by atoms with Gasteiger partial charge in [-0.1, -0.05) is 11.6 Å². The third kappa shape index (κ3) is 3.08. The third-order valence-electron chi connectivity index (χ3n) is 5.81. The van der Waals surface area contributed by atoms with E-state index in [1.165, 1.54) is 18.3 Å². The fourth-order valence-corrected chi connectivity index (χ4v) is 4.50. The molecular weight excluding hydrogens is 334 g/mol. The molecule has 1 atom stereocenters. The smallest absolute Gasteiger partial charge is 0.210 e. The van der Waals surface area contributed by atoms with Gasteiger partial charge in [0.05, 0.1) is 26.4 Å². The minimum Gasteiger partial charge on any atom is -0.504 e. The highest BCUT2D eigenvalue weighted by atomic mass is 16.7. The Hall–Kier alpha value is -2.05. The van der Waals surface area contributed by atoms with Crippen LogP contribution < -0.4 is 4.74 Å². The highest BCUT2D eigenvalue weighted by Gasteiger charge is 2.43. The van der Waals surface area contributed by atoms with E-state index in [0.717, 1.165) is 37.7 Å². The monoisotopic (exact) mass is 359 g/mol. The lowest BCUT2D eigenvalue weighted by Crippen LogP contribution is -2.46. The van der Waals surface area contributed by atoms with Crippen molar-refractivity contribution in [2.75, 3.05) is 26.9 Å². The average molecular weight is 359 g/mol. The summed E-state index contributed by atoms with van der Waals surface area (Å²) in [7, 11) is 1.53. The van der Waals surface area contributed by atoms with Gasteiger partial charge in [-0.05, 0) is 42.5 Å². The SMILES string of the molecule is COc1ccc(CC2C3=C(CCN2C=O)CC2(CC3)OCCO2)cc1O. The van der Waals surface area contributed by atoms with Gasteiger partial charge in [0.15, 0.2) is 17.3 Å². The lowest BCUT2D eigenvalue weighted by Gasteiger charge is -2.43. The number of hydrogen-bond acceptors (Lipinski definition) is 5. The van der Waals surface area contributed by atoms with Gasteiger partial charge in [0.25, 0.3) is 0 Å². The molecule has 0 saturated carbocycles. The van der Waals surface area contributed by atoms with E-state index in [-0.39, 0.29) is 11.8 Å². The first kappa shape index (κ1) is 17.4. The zero-order valence-corrected chi connectivity index (χ0v) is 15.1. The van der Waals surface area contributed by atoms with E-state index in [2.05, 4.69) is 0 Å². The Kier molecular flexibility index (Phi) is 4.63. The number of phenols is 1. The fraction of sp³-hybridized carbons (Fsp3) is 0.550. The number of carbonyl (C=O) groups is 1. The third-order valence-corrected chi connectivity index (χ3v) is 5.81. The fourth-order valence-electron chi connectivity index (χ4n) is 4.50. The number of methoxy groups -OCH3 is 1. The molecule has 4 rings (SSSR count). The highest BCUT2D eigenvalue weighted by molar-refractivity contribution is 5.52.